The number of allylic oxidation sites excluding steroid dienone is 1. The summed E-state index contributed by atoms with van der Waals surface area (Å²) >= 11 is 0. The van der Waals surface area contributed by atoms with E-state index in [9.17, 15) is 5.11 Å². The minimum absolute atomic E-state index is 0.354. The molecule has 0 aromatic heterocycles. The lowest BCUT2D eigenvalue weighted by Gasteiger charge is -2.21. The molecule has 70 valence electrons. The summed E-state index contributed by atoms with van der Waals surface area (Å²) < 4.78 is 5.14. The monoisotopic (exact) mass is 170 g/mol. The van der Waals surface area contributed by atoms with Crippen LogP contribution in [0.4, 0.5) is 0 Å². The van der Waals surface area contributed by atoms with Crippen molar-refractivity contribution in [1.29, 1.82) is 0 Å². The van der Waals surface area contributed by atoms with Gasteiger partial charge in [-0.2, -0.15) is 0 Å². The van der Waals surface area contributed by atoms with E-state index < -0.39 is 5.60 Å². The van der Waals surface area contributed by atoms with Crippen LogP contribution in [0, 0.1) is 0 Å². The minimum Gasteiger partial charge on any atom is -0.388 e. The highest BCUT2D eigenvalue weighted by molar-refractivity contribution is 4.78. The van der Waals surface area contributed by atoms with Crippen LogP contribution in [0.15, 0.2) is 25.3 Å². The number of rotatable bonds is 7. The summed E-state index contributed by atoms with van der Waals surface area (Å²) in [7, 11) is 0. The molecule has 0 saturated carbocycles. The standard InChI is InChI=1S/C10H18O2/c1-4-6-7-10(3,11)9-12-8-5-2/h4-5,11H,1-2,6-9H2,3H3. The van der Waals surface area contributed by atoms with E-state index in [1.165, 1.54) is 0 Å². The predicted octanol–water partition coefficient (Wildman–Crippen LogP) is 1.91. The molecule has 0 heterocycles. The molecular formula is C10H18O2. The van der Waals surface area contributed by atoms with Crippen molar-refractivity contribution in [3.63, 3.8) is 0 Å². The van der Waals surface area contributed by atoms with Gasteiger partial charge < -0.3 is 9.84 Å². The van der Waals surface area contributed by atoms with Gasteiger partial charge in [0.15, 0.2) is 0 Å². The maximum absolute atomic E-state index is 9.67. The van der Waals surface area contributed by atoms with Crippen molar-refractivity contribution in [2.75, 3.05) is 13.2 Å². The van der Waals surface area contributed by atoms with Crippen molar-refractivity contribution < 1.29 is 9.84 Å². The molecule has 12 heavy (non-hydrogen) atoms. The van der Waals surface area contributed by atoms with E-state index in [0.717, 1.165) is 6.42 Å². The summed E-state index contributed by atoms with van der Waals surface area (Å²) in [6.45, 7) is 9.72. The first kappa shape index (κ1) is 11.4. The molecule has 0 spiro atoms. The molecule has 1 unspecified atom stereocenters. The smallest absolute Gasteiger partial charge is 0.0855 e. The van der Waals surface area contributed by atoms with Gasteiger partial charge in [0.25, 0.3) is 0 Å². The Labute approximate surface area is 74.6 Å². The van der Waals surface area contributed by atoms with Crippen LogP contribution in [0.5, 0.6) is 0 Å². The topological polar surface area (TPSA) is 29.5 Å². The van der Waals surface area contributed by atoms with E-state index in [1.807, 2.05) is 0 Å². The first-order valence-corrected chi connectivity index (χ1v) is 4.14. The summed E-state index contributed by atoms with van der Waals surface area (Å²) in [4.78, 5) is 0. The molecule has 0 aromatic rings. The Morgan fingerprint density at radius 1 is 1.42 bits per heavy atom. The van der Waals surface area contributed by atoms with Gasteiger partial charge in [-0.05, 0) is 19.8 Å². The zero-order chi connectivity index (χ0) is 9.45. The second-order valence-electron chi connectivity index (χ2n) is 3.13. The Morgan fingerprint density at radius 2 is 2.08 bits per heavy atom. The molecule has 0 aliphatic carbocycles. The van der Waals surface area contributed by atoms with Gasteiger partial charge in [-0.15, -0.1) is 13.2 Å². The highest BCUT2D eigenvalue weighted by atomic mass is 16.5. The third kappa shape index (κ3) is 6.13. The molecule has 2 nitrogen and oxygen atoms in total. The van der Waals surface area contributed by atoms with Crippen LogP contribution in [0.25, 0.3) is 0 Å². The van der Waals surface area contributed by atoms with Crippen LogP contribution in [-0.4, -0.2) is 23.9 Å². The Morgan fingerprint density at radius 3 is 2.58 bits per heavy atom. The molecule has 0 fully saturated rings. The highest BCUT2D eigenvalue weighted by Crippen LogP contribution is 2.12. The maximum Gasteiger partial charge on any atom is 0.0855 e. The van der Waals surface area contributed by atoms with E-state index in [0.29, 0.717) is 19.6 Å². The van der Waals surface area contributed by atoms with Crippen molar-refractivity contribution in [2.45, 2.75) is 25.4 Å². The van der Waals surface area contributed by atoms with Crippen LogP contribution >= 0.6 is 0 Å². The third-order valence-corrected chi connectivity index (χ3v) is 1.54. The fourth-order valence-electron chi connectivity index (χ4n) is 0.847. The lowest BCUT2D eigenvalue weighted by Crippen LogP contribution is -2.30. The molecule has 0 saturated heterocycles. The molecule has 0 aliphatic heterocycles. The lowest BCUT2D eigenvalue weighted by molar-refractivity contribution is -0.0309. The van der Waals surface area contributed by atoms with Gasteiger partial charge in [-0.25, -0.2) is 0 Å². The SMILES string of the molecule is C=CCCC(C)(O)COCC=C. The first-order valence-electron chi connectivity index (χ1n) is 4.14. The zero-order valence-corrected chi connectivity index (χ0v) is 7.75. The van der Waals surface area contributed by atoms with Crippen molar-refractivity contribution in [2.24, 2.45) is 0 Å². The number of hydrogen-bond acceptors (Lipinski definition) is 2. The summed E-state index contributed by atoms with van der Waals surface area (Å²) in [6.07, 6.45) is 4.96. The third-order valence-electron chi connectivity index (χ3n) is 1.54. The van der Waals surface area contributed by atoms with Gasteiger partial charge >= 0.3 is 0 Å². The van der Waals surface area contributed by atoms with E-state index >= 15 is 0 Å². The molecule has 0 amide bonds. The molecule has 0 aliphatic rings. The van der Waals surface area contributed by atoms with E-state index in [4.69, 9.17) is 4.74 Å². The van der Waals surface area contributed by atoms with Gasteiger partial charge in [0.1, 0.15) is 0 Å². The quantitative estimate of drug-likeness (QED) is 0.467. The molecule has 0 bridgehead atoms. The van der Waals surface area contributed by atoms with Crippen LogP contribution in [0.2, 0.25) is 0 Å². The second-order valence-corrected chi connectivity index (χ2v) is 3.13. The van der Waals surface area contributed by atoms with Gasteiger partial charge in [-0.1, -0.05) is 12.2 Å². The summed E-state index contributed by atoms with van der Waals surface area (Å²) in [5.41, 5.74) is -0.739. The van der Waals surface area contributed by atoms with Crippen LogP contribution in [-0.2, 0) is 4.74 Å². The zero-order valence-electron chi connectivity index (χ0n) is 7.75. The number of hydrogen-bond donors (Lipinski definition) is 1. The second kappa shape index (κ2) is 5.98. The molecular weight excluding hydrogens is 152 g/mol. The van der Waals surface area contributed by atoms with Crippen molar-refractivity contribution in [3.8, 4) is 0 Å². The van der Waals surface area contributed by atoms with Crippen LogP contribution < -0.4 is 0 Å². The lowest BCUT2D eigenvalue weighted by atomic mass is 10.0. The van der Waals surface area contributed by atoms with E-state index in [-0.39, 0.29) is 0 Å². The molecule has 1 N–H and O–H groups in total. The molecule has 0 aromatic carbocycles. The molecule has 0 rings (SSSR count). The van der Waals surface area contributed by atoms with Crippen LogP contribution in [0.1, 0.15) is 19.8 Å². The van der Waals surface area contributed by atoms with Crippen molar-refractivity contribution in [1.82, 2.24) is 0 Å². The Balaban J connectivity index is 3.54. The van der Waals surface area contributed by atoms with Crippen LogP contribution in [0.3, 0.4) is 0 Å². The fourth-order valence-corrected chi connectivity index (χ4v) is 0.847. The normalized spacial score (nSPS) is 15.2. The number of ether oxygens (including phenoxy) is 1. The fraction of sp³-hybridized carbons (Fsp3) is 0.600. The molecule has 0 radical (unpaired) electrons. The molecule has 1 atom stereocenters. The van der Waals surface area contributed by atoms with E-state index in [2.05, 4.69) is 13.2 Å². The van der Waals surface area contributed by atoms with Crippen molar-refractivity contribution in [3.05, 3.63) is 25.3 Å². The first-order chi connectivity index (χ1) is 5.62. The average Bonchev–Trinajstić information content (AvgIpc) is 2.01. The summed E-state index contributed by atoms with van der Waals surface area (Å²) in [6, 6.07) is 0. The van der Waals surface area contributed by atoms with Gasteiger partial charge in [0.05, 0.1) is 18.8 Å². The minimum atomic E-state index is -0.739. The predicted molar refractivity (Wildman–Crippen MR) is 51.1 cm³/mol. The van der Waals surface area contributed by atoms with Gasteiger partial charge in [-0.3, -0.25) is 0 Å². The Bertz CT molecular complexity index is 139. The van der Waals surface area contributed by atoms with E-state index in [1.54, 1.807) is 19.1 Å². The van der Waals surface area contributed by atoms with Gasteiger partial charge in [0, 0.05) is 0 Å². The maximum atomic E-state index is 9.67. The Kier molecular flexibility index (Phi) is 5.68. The van der Waals surface area contributed by atoms with Gasteiger partial charge in [0.2, 0.25) is 0 Å². The average molecular weight is 170 g/mol. The summed E-state index contributed by atoms with van der Waals surface area (Å²) in [5, 5.41) is 9.67. The number of aliphatic hydroxyl groups is 1. The largest absolute Gasteiger partial charge is 0.388 e. The van der Waals surface area contributed by atoms with Crippen molar-refractivity contribution >= 4 is 0 Å². The summed E-state index contributed by atoms with van der Waals surface area (Å²) in [5.74, 6) is 0. The Hall–Kier alpha value is -0.600. The molecule has 2 heteroatoms. The highest BCUT2D eigenvalue weighted by Gasteiger charge is 2.18.